The molecule has 1 aromatic heterocycles. The standard InChI is InChI=1S/C19H21NS/c1-13-5-8-15(9-6-13)20-17-12-21-18-10-7-14(11-16(17)18)19(2,3)4/h5-12,20H,1-4H3. The summed E-state index contributed by atoms with van der Waals surface area (Å²) < 4.78 is 1.33. The lowest BCUT2D eigenvalue weighted by Crippen LogP contribution is -2.10. The van der Waals surface area contributed by atoms with E-state index in [9.17, 15) is 0 Å². The molecule has 0 aliphatic carbocycles. The second-order valence-corrected chi connectivity index (χ2v) is 7.51. The van der Waals surface area contributed by atoms with Crippen molar-refractivity contribution in [1.82, 2.24) is 0 Å². The van der Waals surface area contributed by atoms with Crippen LogP contribution >= 0.6 is 11.3 Å². The van der Waals surface area contributed by atoms with E-state index >= 15 is 0 Å². The number of aryl methyl sites for hydroxylation is 1. The van der Waals surface area contributed by atoms with Crippen molar-refractivity contribution in [2.24, 2.45) is 0 Å². The van der Waals surface area contributed by atoms with Crippen molar-refractivity contribution in [2.75, 3.05) is 5.32 Å². The third-order valence-corrected chi connectivity index (χ3v) is 4.73. The van der Waals surface area contributed by atoms with E-state index in [-0.39, 0.29) is 5.41 Å². The summed E-state index contributed by atoms with van der Waals surface area (Å²) in [6.07, 6.45) is 0. The van der Waals surface area contributed by atoms with Gasteiger partial charge in [-0.3, -0.25) is 0 Å². The average molecular weight is 295 g/mol. The molecular formula is C19H21NS. The molecule has 1 nitrogen and oxygen atoms in total. The number of benzene rings is 2. The maximum Gasteiger partial charge on any atom is 0.0573 e. The Morgan fingerprint density at radius 1 is 0.952 bits per heavy atom. The number of rotatable bonds is 2. The van der Waals surface area contributed by atoms with Crippen LogP contribution in [0.15, 0.2) is 47.8 Å². The Bertz CT molecular complexity index is 760. The molecule has 0 aliphatic rings. The van der Waals surface area contributed by atoms with Gasteiger partial charge in [0.2, 0.25) is 0 Å². The molecule has 3 rings (SSSR count). The van der Waals surface area contributed by atoms with Crippen LogP contribution in [-0.4, -0.2) is 0 Å². The molecule has 0 amide bonds. The molecule has 0 saturated carbocycles. The zero-order valence-electron chi connectivity index (χ0n) is 13.0. The van der Waals surface area contributed by atoms with Crippen LogP contribution in [0.4, 0.5) is 11.4 Å². The minimum Gasteiger partial charge on any atom is -0.354 e. The van der Waals surface area contributed by atoms with E-state index in [0.29, 0.717) is 0 Å². The number of hydrogen-bond donors (Lipinski definition) is 1. The van der Waals surface area contributed by atoms with Crippen molar-refractivity contribution in [3.05, 3.63) is 59.0 Å². The second-order valence-electron chi connectivity index (χ2n) is 6.60. The first-order valence-corrected chi connectivity index (χ1v) is 8.17. The van der Waals surface area contributed by atoms with E-state index in [1.165, 1.54) is 26.9 Å². The smallest absolute Gasteiger partial charge is 0.0573 e. The predicted octanol–water partition coefficient (Wildman–Crippen LogP) is 6.25. The molecule has 21 heavy (non-hydrogen) atoms. The summed E-state index contributed by atoms with van der Waals surface area (Å²) >= 11 is 1.79. The first-order valence-electron chi connectivity index (χ1n) is 7.29. The SMILES string of the molecule is Cc1ccc(Nc2csc3ccc(C(C)(C)C)cc23)cc1. The van der Waals surface area contributed by atoms with Gasteiger partial charge in [0.15, 0.2) is 0 Å². The van der Waals surface area contributed by atoms with Gasteiger partial charge >= 0.3 is 0 Å². The molecule has 0 fully saturated rings. The lowest BCUT2D eigenvalue weighted by molar-refractivity contribution is 0.591. The molecule has 0 bridgehead atoms. The van der Waals surface area contributed by atoms with E-state index in [1.807, 2.05) is 0 Å². The predicted molar refractivity (Wildman–Crippen MR) is 95.0 cm³/mol. The van der Waals surface area contributed by atoms with Gasteiger partial charge in [0.05, 0.1) is 5.69 Å². The van der Waals surface area contributed by atoms with Crippen molar-refractivity contribution in [3.8, 4) is 0 Å². The third kappa shape index (κ3) is 2.96. The topological polar surface area (TPSA) is 12.0 Å². The second kappa shape index (κ2) is 5.19. The van der Waals surface area contributed by atoms with E-state index in [1.54, 1.807) is 11.3 Å². The summed E-state index contributed by atoms with van der Waals surface area (Å²) in [4.78, 5) is 0. The molecule has 0 spiro atoms. The monoisotopic (exact) mass is 295 g/mol. The van der Waals surface area contributed by atoms with Gasteiger partial charge < -0.3 is 5.32 Å². The Morgan fingerprint density at radius 2 is 1.67 bits per heavy atom. The van der Waals surface area contributed by atoms with Crippen molar-refractivity contribution in [1.29, 1.82) is 0 Å². The average Bonchev–Trinajstić information content (AvgIpc) is 2.83. The zero-order valence-corrected chi connectivity index (χ0v) is 13.8. The Kier molecular flexibility index (Phi) is 3.50. The molecule has 1 N–H and O–H groups in total. The van der Waals surface area contributed by atoms with Gasteiger partial charge in [-0.05, 0) is 42.2 Å². The molecule has 0 radical (unpaired) electrons. The Hall–Kier alpha value is -1.80. The molecule has 3 aromatic rings. The number of anilines is 2. The van der Waals surface area contributed by atoms with Gasteiger partial charge in [-0.1, -0.05) is 44.5 Å². The van der Waals surface area contributed by atoms with Crippen molar-refractivity contribution in [3.63, 3.8) is 0 Å². The van der Waals surface area contributed by atoms with Crippen LogP contribution in [0.2, 0.25) is 0 Å². The molecule has 108 valence electrons. The van der Waals surface area contributed by atoms with Crippen molar-refractivity contribution in [2.45, 2.75) is 33.1 Å². The summed E-state index contributed by atoms with van der Waals surface area (Å²) in [5, 5.41) is 7.06. The molecule has 0 aliphatic heterocycles. The Morgan fingerprint density at radius 3 is 2.33 bits per heavy atom. The number of hydrogen-bond acceptors (Lipinski definition) is 2. The normalized spacial score (nSPS) is 11.8. The minimum atomic E-state index is 0.178. The molecule has 2 aromatic carbocycles. The van der Waals surface area contributed by atoms with Gasteiger partial charge in [-0.25, -0.2) is 0 Å². The van der Waals surface area contributed by atoms with Crippen LogP contribution in [0.25, 0.3) is 10.1 Å². The summed E-state index contributed by atoms with van der Waals surface area (Å²) in [5.74, 6) is 0. The van der Waals surface area contributed by atoms with Crippen molar-refractivity contribution >= 4 is 32.8 Å². The van der Waals surface area contributed by atoms with E-state index < -0.39 is 0 Å². The van der Waals surface area contributed by atoms with Gasteiger partial charge in [0.1, 0.15) is 0 Å². The van der Waals surface area contributed by atoms with Gasteiger partial charge in [0, 0.05) is 21.2 Å². The third-order valence-electron chi connectivity index (χ3n) is 3.77. The van der Waals surface area contributed by atoms with E-state index in [0.717, 1.165) is 5.69 Å². The number of fused-ring (bicyclic) bond motifs is 1. The highest BCUT2D eigenvalue weighted by atomic mass is 32.1. The Labute approximate surface area is 130 Å². The highest BCUT2D eigenvalue weighted by molar-refractivity contribution is 7.17. The lowest BCUT2D eigenvalue weighted by Gasteiger charge is -2.19. The summed E-state index contributed by atoms with van der Waals surface area (Å²) in [7, 11) is 0. The molecule has 2 heteroatoms. The zero-order chi connectivity index (χ0) is 15.0. The van der Waals surface area contributed by atoms with Crippen LogP contribution in [0.3, 0.4) is 0 Å². The molecule has 0 unspecified atom stereocenters. The van der Waals surface area contributed by atoms with Crippen molar-refractivity contribution < 1.29 is 0 Å². The summed E-state index contributed by atoms with van der Waals surface area (Å²) in [6.45, 7) is 8.88. The maximum absolute atomic E-state index is 3.54. The highest BCUT2D eigenvalue weighted by Gasteiger charge is 2.15. The fourth-order valence-electron chi connectivity index (χ4n) is 2.38. The van der Waals surface area contributed by atoms with Crippen LogP contribution in [0, 0.1) is 6.92 Å². The first kappa shape index (κ1) is 14.2. The number of thiophene rings is 1. The highest BCUT2D eigenvalue weighted by Crippen LogP contribution is 2.35. The fraction of sp³-hybridized carbons (Fsp3) is 0.263. The first-order chi connectivity index (χ1) is 9.93. The summed E-state index contributed by atoms with van der Waals surface area (Å²) in [5.41, 5.74) is 5.18. The van der Waals surface area contributed by atoms with Gasteiger partial charge in [-0.15, -0.1) is 11.3 Å². The largest absolute Gasteiger partial charge is 0.354 e. The minimum absolute atomic E-state index is 0.178. The maximum atomic E-state index is 3.54. The van der Waals surface area contributed by atoms with Crippen LogP contribution in [0.5, 0.6) is 0 Å². The van der Waals surface area contributed by atoms with Crippen LogP contribution < -0.4 is 5.32 Å². The fourth-order valence-corrected chi connectivity index (χ4v) is 3.26. The van der Waals surface area contributed by atoms with Gasteiger partial charge in [-0.2, -0.15) is 0 Å². The number of nitrogens with one attached hydrogen (secondary N) is 1. The molecular weight excluding hydrogens is 274 g/mol. The molecule has 1 heterocycles. The van der Waals surface area contributed by atoms with E-state index in [4.69, 9.17) is 0 Å². The summed E-state index contributed by atoms with van der Waals surface area (Å²) in [6, 6.07) is 15.3. The van der Waals surface area contributed by atoms with E-state index in [2.05, 4.69) is 80.9 Å². The Balaban J connectivity index is 2.00. The lowest BCUT2D eigenvalue weighted by atomic mass is 9.86. The van der Waals surface area contributed by atoms with Crippen LogP contribution in [0.1, 0.15) is 31.9 Å². The molecule has 0 atom stereocenters. The quantitative estimate of drug-likeness (QED) is 0.589. The van der Waals surface area contributed by atoms with Crippen LogP contribution in [-0.2, 0) is 5.41 Å². The molecule has 0 saturated heterocycles. The van der Waals surface area contributed by atoms with Gasteiger partial charge in [0.25, 0.3) is 0 Å².